The van der Waals surface area contributed by atoms with Crippen molar-refractivity contribution in [2.45, 2.75) is 32.1 Å². The molecule has 0 saturated heterocycles. The lowest BCUT2D eigenvalue weighted by atomic mass is 9.89. The summed E-state index contributed by atoms with van der Waals surface area (Å²) in [4.78, 5) is 11.8. The highest BCUT2D eigenvalue weighted by atomic mass is 35.5. The van der Waals surface area contributed by atoms with Crippen LogP contribution in [0.5, 0.6) is 0 Å². The smallest absolute Gasteiger partial charge is 0.243 e. The molecule has 0 aromatic heterocycles. The van der Waals surface area contributed by atoms with Crippen LogP contribution in [0.15, 0.2) is 23.3 Å². The molecule has 3 nitrogen and oxygen atoms in total. The number of nitrogens with one attached hydrogen (secondary N) is 1. The summed E-state index contributed by atoms with van der Waals surface area (Å²) < 4.78 is 0. The number of benzene rings is 1. The molecule has 0 atom stereocenters. The van der Waals surface area contributed by atoms with Gasteiger partial charge in [-0.2, -0.15) is 5.10 Å². The third kappa shape index (κ3) is 4.22. The van der Waals surface area contributed by atoms with Crippen LogP contribution in [0.25, 0.3) is 0 Å². The second-order valence-electron chi connectivity index (χ2n) is 4.74. The molecule has 0 bridgehead atoms. The van der Waals surface area contributed by atoms with Gasteiger partial charge in [0, 0.05) is 16.5 Å². The summed E-state index contributed by atoms with van der Waals surface area (Å²) in [6, 6.07) is 5.14. The van der Waals surface area contributed by atoms with Crippen molar-refractivity contribution in [3.63, 3.8) is 0 Å². The second-order valence-corrected chi connectivity index (χ2v) is 5.58. The van der Waals surface area contributed by atoms with Crippen molar-refractivity contribution in [2.75, 3.05) is 0 Å². The van der Waals surface area contributed by atoms with E-state index in [9.17, 15) is 4.79 Å². The van der Waals surface area contributed by atoms with Crippen LogP contribution >= 0.6 is 23.2 Å². The van der Waals surface area contributed by atoms with Gasteiger partial charge in [-0.15, -0.1) is 0 Å². The first kappa shape index (κ1) is 14.4. The fourth-order valence-corrected chi connectivity index (χ4v) is 2.68. The van der Waals surface area contributed by atoms with Gasteiger partial charge in [-0.25, -0.2) is 5.43 Å². The molecule has 0 aliphatic heterocycles. The first-order valence-corrected chi connectivity index (χ1v) is 7.20. The molecule has 0 spiro atoms. The van der Waals surface area contributed by atoms with E-state index in [-0.39, 0.29) is 11.8 Å². The molecule has 0 unspecified atom stereocenters. The van der Waals surface area contributed by atoms with Gasteiger partial charge in [0.2, 0.25) is 5.91 Å². The summed E-state index contributed by atoms with van der Waals surface area (Å²) in [5.74, 6) is 0.104. The summed E-state index contributed by atoms with van der Waals surface area (Å²) >= 11 is 11.8. The maximum atomic E-state index is 11.8. The van der Waals surface area contributed by atoms with Gasteiger partial charge < -0.3 is 0 Å². The van der Waals surface area contributed by atoms with E-state index in [1.54, 1.807) is 24.4 Å². The zero-order valence-electron chi connectivity index (χ0n) is 10.5. The summed E-state index contributed by atoms with van der Waals surface area (Å²) in [5.41, 5.74) is 3.31. The Bertz CT molecular complexity index is 482. The normalized spacial score (nSPS) is 16.7. The number of carbonyl (C=O) groups is 1. The number of amides is 1. The number of halogens is 2. The maximum absolute atomic E-state index is 11.8. The van der Waals surface area contributed by atoms with Crippen LogP contribution in [-0.4, -0.2) is 12.1 Å². The van der Waals surface area contributed by atoms with Gasteiger partial charge in [0.25, 0.3) is 0 Å². The number of rotatable bonds is 3. The van der Waals surface area contributed by atoms with E-state index in [2.05, 4.69) is 10.5 Å². The van der Waals surface area contributed by atoms with Crippen LogP contribution in [-0.2, 0) is 4.79 Å². The van der Waals surface area contributed by atoms with Crippen LogP contribution in [0.4, 0.5) is 0 Å². The van der Waals surface area contributed by atoms with Crippen LogP contribution in [0.1, 0.15) is 37.7 Å². The fourth-order valence-electron chi connectivity index (χ4n) is 2.23. The molecule has 1 aromatic carbocycles. The van der Waals surface area contributed by atoms with Gasteiger partial charge in [-0.05, 0) is 25.0 Å². The summed E-state index contributed by atoms with van der Waals surface area (Å²) in [5, 5.41) is 5.05. The predicted octanol–water partition coefficient (Wildman–Crippen LogP) is 4.02. The average molecular weight is 299 g/mol. The molecule has 0 radical (unpaired) electrons. The van der Waals surface area contributed by atoms with E-state index in [1.807, 2.05) is 0 Å². The fraction of sp³-hybridized carbons (Fsp3) is 0.429. The minimum Gasteiger partial charge on any atom is -0.273 e. The van der Waals surface area contributed by atoms with Crippen molar-refractivity contribution < 1.29 is 4.79 Å². The highest BCUT2D eigenvalue weighted by Gasteiger charge is 2.20. The first-order valence-electron chi connectivity index (χ1n) is 6.45. The minimum absolute atomic E-state index is 0.000959. The zero-order chi connectivity index (χ0) is 13.7. The zero-order valence-corrected chi connectivity index (χ0v) is 12.0. The highest BCUT2D eigenvalue weighted by molar-refractivity contribution is 6.36. The van der Waals surface area contributed by atoms with E-state index in [4.69, 9.17) is 23.2 Å². The Morgan fingerprint density at radius 1 is 1.26 bits per heavy atom. The molecule has 1 saturated carbocycles. The van der Waals surface area contributed by atoms with Crippen molar-refractivity contribution in [1.29, 1.82) is 0 Å². The average Bonchev–Trinajstić information content (AvgIpc) is 2.42. The number of carbonyl (C=O) groups excluding carboxylic acids is 1. The largest absolute Gasteiger partial charge is 0.273 e. The molecule has 2 rings (SSSR count). The van der Waals surface area contributed by atoms with E-state index in [1.165, 1.54) is 6.42 Å². The predicted molar refractivity (Wildman–Crippen MR) is 78.8 cm³/mol. The van der Waals surface area contributed by atoms with E-state index >= 15 is 0 Å². The standard InChI is InChI=1S/C14H16Cl2N2O/c15-12-7-6-11(13(16)8-12)9-17-18-14(19)10-4-2-1-3-5-10/h6-10H,1-5H2,(H,18,19). The molecular weight excluding hydrogens is 283 g/mol. The Balaban J connectivity index is 1.90. The Kier molecular flexibility index (Phi) is 5.23. The molecule has 1 aliphatic carbocycles. The van der Waals surface area contributed by atoms with Crippen LogP contribution < -0.4 is 5.43 Å². The third-order valence-electron chi connectivity index (χ3n) is 3.32. The van der Waals surface area contributed by atoms with Crippen molar-refractivity contribution in [3.05, 3.63) is 33.8 Å². The molecule has 1 aromatic rings. The van der Waals surface area contributed by atoms with Crippen molar-refractivity contribution in [1.82, 2.24) is 5.43 Å². The molecule has 1 fully saturated rings. The van der Waals surface area contributed by atoms with E-state index in [0.29, 0.717) is 10.0 Å². The Morgan fingerprint density at radius 3 is 2.68 bits per heavy atom. The van der Waals surface area contributed by atoms with Crippen LogP contribution in [0, 0.1) is 5.92 Å². The van der Waals surface area contributed by atoms with E-state index in [0.717, 1.165) is 31.2 Å². The minimum atomic E-state index is 0.000959. The Morgan fingerprint density at radius 2 is 2.00 bits per heavy atom. The van der Waals surface area contributed by atoms with Gasteiger partial charge in [-0.3, -0.25) is 4.79 Å². The number of hydrazone groups is 1. The van der Waals surface area contributed by atoms with Crippen LogP contribution in [0.3, 0.4) is 0 Å². The lowest BCUT2D eigenvalue weighted by molar-refractivity contribution is -0.125. The third-order valence-corrected chi connectivity index (χ3v) is 3.88. The molecule has 1 aliphatic rings. The topological polar surface area (TPSA) is 41.5 Å². The molecule has 5 heteroatoms. The van der Waals surface area contributed by atoms with Gasteiger partial charge in [0.15, 0.2) is 0 Å². The lowest BCUT2D eigenvalue weighted by Gasteiger charge is -2.19. The SMILES string of the molecule is O=C(NN=Cc1ccc(Cl)cc1Cl)C1CCCCC1. The molecule has 1 amide bonds. The Labute approximate surface area is 123 Å². The molecule has 102 valence electrons. The summed E-state index contributed by atoms with van der Waals surface area (Å²) in [6.45, 7) is 0. The van der Waals surface area contributed by atoms with Gasteiger partial charge in [0.1, 0.15) is 0 Å². The molecular formula is C14H16Cl2N2O. The van der Waals surface area contributed by atoms with Gasteiger partial charge in [0.05, 0.1) is 11.2 Å². The Hall–Kier alpha value is -1.06. The van der Waals surface area contributed by atoms with Crippen LogP contribution in [0.2, 0.25) is 10.0 Å². The highest BCUT2D eigenvalue weighted by Crippen LogP contribution is 2.23. The van der Waals surface area contributed by atoms with Gasteiger partial charge >= 0.3 is 0 Å². The molecule has 1 N–H and O–H groups in total. The second kappa shape index (κ2) is 6.92. The van der Waals surface area contributed by atoms with Crippen molar-refractivity contribution in [2.24, 2.45) is 11.0 Å². The van der Waals surface area contributed by atoms with E-state index < -0.39 is 0 Å². The number of hydrogen-bond acceptors (Lipinski definition) is 2. The number of nitrogens with zero attached hydrogens (tertiary/aromatic N) is 1. The molecule has 19 heavy (non-hydrogen) atoms. The summed E-state index contributed by atoms with van der Waals surface area (Å²) in [7, 11) is 0. The number of hydrogen-bond donors (Lipinski definition) is 1. The first-order chi connectivity index (χ1) is 9.16. The van der Waals surface area contributed by atoms with Gasteiger partial charge in [-0.1, -0.05) is 48.5 Å². The quantitative estimate of drug-likeness (QED) is 0.664. The van der Waals surface area contributed by atoms with Crippen molar-refractivity contribution >= 4 is 35.3 Å². The maximum Gasteiger partial charge on any atom is 0.243 e. The van der Waals surface area contributed by atoms with Crippen molar-refractivity contribution in [3.8, 4) is 0 Å². The summed E-state index contributed by atoms with van der Waals surface area (Å²) in [6.07, 6.45) is 6.95. The molecule has 0 heterocycles. The monoisotopic (exact) mass is 298 g/mol. The lowest BCUT2D eigenvalue weighted by Crippen LogP contribution is -2.28.